The van der Waals surface area contributed by atoms with Gasteiger partial charge in [-0.25, -0.2) is 0 Å². The second-order valence-electron chi connectivity index (χ2n) is 6.07. The first-order valence-corrected chi connectivity index (χ1v) is 9.14. The van der Waals surface area contributed by atoms with Gasteiger partial charge in [-0.1, -0.05) is 18.3 Å². The van der Waals surface area contributed by atoms with Crippen LogP contribution in [-0.4, -0.2) is 16.1 Å². The van der Waals surface area contributed by atoms with E-state index in [9.17, 15) is 4.79 Å². The summed E-state index contributed by atoms with van der Waals surface area (Å²) < 4.78 is 0. The molecular formula is C15H17N3OS2. The van der Waals surface area contributed by atoms with E-state index in [1.165, 1.54) is 41.0 Å². The molecule has 0 aliphatic heterocycles. The molecule has 4 nitrogen and oxygen atoms in total. The van der Waals surface area contributed by atoms with E-state index >= 15 is 0 Å². The summed E-state index contributed by atoms with van der Waals surface area (Å²) in [7, 11) is 0. The van der Waals surface area contributed by atoms with Crippen LogP contribution in [0, 0.1) is 5.92 Å². The average molecular weight is 319 g/mol. The number of amides is 1. The lowest BCUT2D eigenvalue weighted by molar-refractivity contribution is 0.102. The van der Waals surface area contributed by atoms with Crippen molar-refractivity contribution in [1.29, 1.82) is 0 Å². The third-order valence-corrected chi connectivity index (χ3v) is 6.29. The van der Waals surface area contributed by atoms with Crippen molar-refractivity contribution in [3.05, 3.63) is 26.4 Å². The molecule has 2 aliphatic carbocycles. The molecule has 2 heterocycles. The monoisotopic (exact) mass is 319 g/mol. The first-order chi connectivity index (χ1) is 10.2. The maximum Gasteiger partial charge on any atom is 0.258 e. The van der Waals surface area contributed by atoms with Crippen molar-refractivity contribution in [3.63, 3.8) is 0 Å². The summed E-state index contributed by atoms with van der Waals surface area (Å²) in [5, 5.41) is 14.9. The van der Waals surface area contributed by atoms with E-state index in [-0.39, 0.29) is 5.91 Å². The van der Waals surface area contributed by atoms with Crippen molar-refractivity contribution < 1.29 is 4.79 Å². The Kier molecular flexibility index (Phi) is 3.30. The van der Waals surface area contributed by atoms with Gasteiger partial charge in [0.15, 0.2) is 0 Å². The van der Waals surface area contributed by atoms with Crippen molar-refractivity contribution in [1.82, 2.24) is 10.2 Å². The fourth-order valence-electron chi connectivity index (χ4n) is 2.81. The number of carbonyl (C=O) groups excluding carboxylic acids is 1. The zero-order chi connectivity index (χ0) is 14.4. The third-order valence-electron chi connectivity index (χ3n) is 4.23. The molecule has 1 atom stereocenters. The van der Waals surface area contributed by atoms with E-state index in [2.05, 4.69) is 22.4 Å². The van der Waals surface area contributed by atoms with Crippen molar-refractivity contribution in [2.75, 3.05) is 5.32 Å². The van der Waals surface area contributed by atoms with E-state index in [0.29, 0.717) is 11.0 Å². The number of nitrogens with zero attached hydrogens (tertiary/aromatic N) is 2. The normalized spacial score (nSPS) is 21.1. The Hall–Kier alpha value is -1.27. The van der Waals surface area contributed by atoms with E-state index in [1.807, 2.05) is 5.38 Å². The van der Waals surface area contributed by atoms with Crippen LogP contribution in [0.5, 0.6) is 0 Å². The van der Waals surface area contributed by atoms with Crippen molar-refractivity contribution >= 4 is 33.7 Å². The molecule has 2 aliphatic rings. The van der Waals surface area contributed by atoms with Gasteiger partial charge >= 0.3 is 0 Å². The van der Waals surface area contributed by atoms with Crippen LogP contribution in [0.15, 0.2) is 5.38 Å². The Bertz CT molecular complexity index is 687. The van der Waals surface area contributed by atoms with Gasteiger partial charge in [0.05, 0.1) is 5.56 Å². The summed E-state index contributed by atoms with van der Waals surface area (Å²) in [6.45, 7) is 2.28. The summed E-state index contributed by atoms with van der Waals surface area (Å²) >= 11 is 3.24. The van der Waals surface area contributed by atoms with Crippen LogP contribution >= 0.6 is 22.7 Å². The molecule has 4 rings (SSSR count). The van der Waals surface area contributed by atoms with Gasteiger partial charge in [-0.05, 0) is 43.6 Å². The number of thiophene rings is 1. The maximum atomic E-state index is 12.5. The molecule has 110 valence electrons. The molecule has 0 aromatic carbocycles. The summed E-state index contributed by atoms with van der Waals surface area (Å²) in [5.41, 5.74) is 2.09. The minimum absolute atomic E-state index is 0.0273. The number of hydrogen-bond acceptors (Lipinski definition) is 5. The maximum absolute atomic E-state index is 12.5. The number of hydrogen-bond donors (Lipinski definition) is 1. The molecule has 1 fully saturated rings. The number of fused-ring (bicyclic) bond motifs is 1. The lowest BCUT2D eigenvalue weighted by atomic mass is 9.88. The van der Waals surface area contributed by atoms with Crippen LogP contribution in [-0.2, 0) is 12.8 Å². The van der Waals surface area contributed by atoms with Gasteiger partial charge in [0.1, 0.15) is 5.01 Å². The minimum Gasteiger partial charge on any atom is -0.296 e. The molecular weight excluding hydrogens is 302 g/mol. The SMILES string of the molecule is CC1CCc2c(C(=O)Nc3nnc(C4CC4)s3)csc2C1. The van der Waals surface area contributed by atoms with E-state index in [1.54, 1.807) is 11.3 Å². The predicted octanol–water partition coefficient (Wildman–Crippen LogP) is 3.85. The smallest absolute Gasteiger partial charge is 0.258 e. The standard InChI is InChI=1S/C15H17N3OS2/c1-8-2-5-10-11(7-20-12(10)6-8)13(19)16-15-18-17-14(21-15)9-3-4-9/h7-9H,2-6H2,1H3,(H,16,18,19). The molecule has 1 unspecified atom stereocenters. The highest BCUT2D eigenvalue weighted by atomic mass is 32.1. The Labute approximate surface area is 131 Å². The second kappa shape index (κ2) is 5.18. The van der Waals surface area contributed by atoms with Gasteiger partial charge in [0.25, 0.3) is 5.91 Å². The minimum atomic E-state index is -0.0273. The highest BCUT2D eigenvalue weighted by molar-refractivity contribution is 7.15. The Morgan fingerprint density at radius 1 is 1.33 bits per heavy atom. The highest BCUT2D eigenvalue weighted by Crippen LogP contribution is 2.42. The first-order valence-electron chi connectivity index (χ1n) is 7.44. The lowest BCUT2D eigenvalue weighted by Gasteiger charge is -2.18. The van der Waals surface area contributed by atoms with Gasteiger partial charge in [-0.2, -0.15) is 0 Å². The molecule has 1 amide bonds. The van der Waals surface area contributed by atoms with Crippen LogP contribution in [0.1, 0.15) is 57.9 Å². The molecule has 1 saturated carbocycles. The number of anilines is 1. The summed E-state index contributed by atoms with van der Waals surface area (Å²) in [4.78, 5) is 13.8. The largest absolute Gasteiger partial charge is 0.296 e. The fraction of sp³-hybridized carbons (Fsp3) is 0.533. The van der Waals surface area contributed by atoms with Crippen molar-refractivity contribution in [3.8, 4) is 0 Å². The average Bonchev–Trinajstić information content (AvgIpc) is 3.06. The van der Waals surface area contributed by atoms with Crippen molar-refractivity contribution in [2.24, 2.45) is 5.92 Å². The van der Waals surface area contributed by atoms with E-state index in [0.717, 1.165) is 29.3 Å². The van der Waals surface area contributed by atoms with Gasteiger partial charge in [0, 0.05) is 16.2 Å². The van der Waals surface area contributed by atoms with Gasteiger partial charge < -0.3 is 0 Å². The Morgan fingerprint density at radius 2 is 2.19 bits per heavy atom. The van der Waals surface area contributed by atoms with Crippen LogP contribution in [0.2, 0.25) is 0 Å². The topological polar surface area (TPSA) is 54.9 Å². The molecule has 0 saturated heterocycles. The second-order valence-corrected chi connectivity index (χ2v) is 8.05. The van der Waals surface area contributed by atoms with Crippen LogP contribution in [0.25, 0.3) is 0 Å². The predicted molar refractivity (Wildman–Crippen MR) is 85.3 cm³/mol. The summed E-state index contributed by atoms with van der Waals surface area (Å²) in [5.74, 6) is 1.29. The molecule has 1 N–H and O–H groups in total. The number of aromatic nitrogens is 2. The lowest BCUT2D eigenvalue weighted by Crippen LogP contribution is -2.16. The van der Waals surface area contributed by atoms with Crippen LogP contribution in [0.3, 0.4) is 0 Å². The fourth-order valence-corrected chi connectivity index (χ4v) is 4.96. The molecule has 2 aromatic rings. The Morgan fingerprint density at radius 3 is 3.00 bits per heavy atom. The number of carbonyl (C=O) groups is 1. The van der Waals surface area contributed by atoms with Crippen molar-refractivity contribution in [2.45, 2.75) is 44.9 Å². The van der Waals surface area contributed by atoms with Gasteiger partial charge in [0.2, 0.25) is 5.13 Å². The first kappa shape index (κ1) is 13.4. The summed E-state index contributed by atoms with van der Waals surface area (Å²) in [6.07, 6.45) is 5.72. The Balaban J connectivity index is 1.51. The zero-order valence-corrected chi connectivity index (χ0v) is 13.5. The van der Waals surface area contributed by atoms with Gasteiger partial charge in [-0.15, -0.1) is 21.5 Å². The molecule has 0 spiro atoms. The highest BCUT2D eigenvalue weighted by Gasteiger charge is 2.28. The van der Waals surface area contributed by atoms with E-state index in [4.69, 9.17) is 0 Å². The molecule has 0 bridgehead atoms. The number of nitrogens with one attached hydrogen (secondary N) is 1. The third kappa shape index (κ3) is 2.62. The van der Waals surface area contributed by atoms with E-state index < -0.39 is 0 Å². The van der Waals surface area contributed by atoms with Crippen LogP contribution in [0.4, 0.5) is 5.13 Å². The number of rotatable bonds is 3. The molecule has 0 radical (unpaired) electrons. The molecule has 21 heavy (non-hydrogen) atoms. The molecule has 2 aromatic heterocycles. The zero-order valence-electron chi connectivity index (χ0n) is 11.9. The summed E-state index contributed by atoms with van der Waals surface area (Å²) in [6, 6.07) is 0. The molecule has 6 heteroatoms. The quantitative estimate of drug-likeness (QED) is 0.935. The van der Waals surface area contributed by atoms with Crippen LogP contribution < -0.4 is 5.32 Å². The van der Waals surface area contributed by atoms with Gasteiger partial charge in [-0.3, -0.25) is 10.1 Å².